The Morgan fingerprint density at radius 2 is 2.00 bits per heavy atom. The van der Waals surface area contributed by atoms with E-state index in [0.717, 1.165) is 20.8 Å². The van der Waals surface area contributed by atoms with Gasteiger partial charge in [0, 0.05) is 43.1 Å². The summed E-state index contributed by atoms with van der Waals surface area (Å²) in [6.45, 7) is 8.46. The lowest BCUT2D eigenvalue weighted by Gasteiger charge is -2.34. The van der Waals surface area contributed by atoms with E-state index in [2.05, 4.69) is 32.8 Å². The lowest BCUT2D eigenvalue weighted by atomic mass is 10.1. The molecule has 2 aromatic carbocycles. The minimum atomic E-state index is -0.788. The van der Waals surface area contributed by atoms with Gasteiger partial charge in [0.15, 0.2) is 11.6 Å². The third-order valence-electron chi connectivity index (χ3n) is 5.70. The van der Waals surface area contributed by atoms with Crippen molar-refractivity contribution in [2.24, 2.45) is 9.98 Å². The van der Waals surface area contributed by atoms with Crippen LogP contribution in [0.3, 0.4) is 0 Å². The summed E-state index contributed by atoms with van der Waals surface area (Å²) >= 11 is 1.69. The van der Waals surface area contributed by atoms with Crippen LogP contribution in [0.2, 0.25) is 0 Å². The number of hydrogen-bond donors (Lipinski definition) is 1. The number of aliphatic imine (C=N–C) groups is 2. The Morgan fingerprint density at radius 1 is 1.23 bits per heavy atom. The number of guanidine groups is 1. The van der Waals surface area contributed by atoms with Gasteiger partial charge in [-0.05, 0) is 55.6 Å². The molecule has 0 saturated heterocycles. The highest BCUT2D eigenvalue weighted by atomic mass is 32.1. The van der Waals surface area contributed by atoms with Crippen LogP contribution in [0.15, 0.2) is 58.8 Å². The zero-order valence-corrected chi connectivity index (χ0v) is 21.3. The number of nitrogens with zero attached hydrogens (tertiary/aromatic N) is 4. The Labute approximate surface area is 208 Å². The summed E-state index contributed by atoms with van der Waals surface area (Å²) in [6, 6.07) is 11.1. The van der Waals surface area contributed by atoms with Crippen LogP contribution in [-0.2, 0) is 0 Å². The second kappa shape index (κ2) is 10.0. The molecular formula is C26H29F2N5OS. The van der Waals surface area contributed by atoms with E-state index in [1.165, 1.54) is 6.07 Å². The fourth-order valence-electron chi connectivity index (χ4n) is 3.95. The number of benzene rings is 2. The topological polar surface area (TPSA) is 52.5 Å². The number of thiophene rings is 1. The number of hydrogen-bond acceptors (Lipinski definition) is 5. The maximum Gasteiger partial charge on any atom is 0.222 e. The summed E-state index contributed by atoms with van der Waals surface area (Å²) in [5.41, 5.74) is 1.49. The zero-order chi connectivity index (χ0) is 25.3. The standard InChI is InChI=1S/C26H29F2N5OS/c1-15(2)33-9-10-34-25-20(28)12-18(13-21(25)33)24(16(3)27)31-26(29-4)30-19-7-8-22-17(11-19)14-23(35-22)32(5)6/h7-8,11-15H,3,9-10H2,1-2,4-6H3,(H,29,30). The molecule has 0 amide bonds. The minimum absolute atomic E-state index is 0.0967. The predicted molar refractivity (Wildman–Crippen MR) is 144 cm³/mol. The third kappa shape index (κ3) is 5.14. The van der Waals surface area contributed by atoms with Gasteiger partial charge in [0.05, 0.1) is 17.2 Å². The normalized spacial score (nSPS) is 14.2. The third-order valence-corrected chi connectivity index (χ3v) is 6.98. The molecule has 0 radical (unpaired) electrons. The van der Waals surface area contributed by atoms with E-state index in [0.29, 0.717) is 18.8 Å². The molecule has 4 rings (SSSR count). The van der Waals surface area contributed by atoms with Crippen molar-refractivity contribution in [1.29, 1.82) is 0 Å². The van der Waals surface area contributed by atoms with Crippen LogP contribution in [0, 0.1) is 5.82 Å². The van der Waals surface area contributed by atoms with Gasteiger partial charge in [0.25, 0.3) is 0 Å². The first-order valence-corrected chi connectivity index (χ1v) is 12.1. The Morgan fingerprint density at radius 3 is 2.66 bits per heavy atom. The Balaban J connectivity index is 1.69. The number of ether oxygens (including phenoxy) is 1. The summed E-state index contributed by atoms with van der Waals surface area (Å²) in [5, 5.41) is 5.35. The van der Waals surface area contributed by atoms with Crippen molar-refractivity contribution in [3.8, 4) is 5.75 Å². The van der Waals surface area contributed by atoms with Crippen LogP contribution in [0.4, 0.5) is 25.2 Å². The molecule has 1 aromatic heterocycles. The fourth-order valence-corrected chi connectivity index (χ4v) is 4.92. The van der Waals surface area contributed by atoms with Gasteiger partial charge < -0.3 is 19.9 Å². The molecule has 1 aliphatic heterocycles. The summed E-state index contributed by atoms with van der Waals surface area (Å²) in [4.78, 5) is 12.6. The number of anilines is 3. The van der Waals surface area contributed by atoms with Gasteiger partial charge in [-0.15, -0.1) is 11.3 Å². The van der Waals surface area contributed by atoms with Crippen LogP contribution in [0.1, 0.15) is 19.4 Å². The first-order chi connectivity index (χ1) is 16.7. The maximum absolute atomic E-state index is 15.0. The van der Waals surface area contributed by atoms with Gasteiger partial charge in [0.1, 0.15) is 18.1 Å². The molecule has 0 aliphatic carbocycles. The SMILES string of the molecule is C=C(F)C(=NC(=NC)Nc1ccc2sc(N(C)C)cc2c1)c1cc(F)c2c(c1)N(C(C)C)CCO2. The Bertz CT molecular complexity index is 1330. The van der Waals surface area contributed by atoms with Crippen molar-refractivity contribution in [2.45, 2.75) is 19.9 Å². The van der Waals surface area contributed by atoms with Crippen LogP contribution < -0.4 is 19.9 Å². The Hall–Kier alpha value is -3.46. The highest BCUT2D eigenvalue weighted by Crippen LogP contribution is 2.37. The van der Waals surface area contributed by atoms with E-state index in [-0.39, 0.29) is 29.0 Å². The van der Waals surface area contributed by atoms with Crippen LogP contribution >= 0.6 is 11.3 Å². The number of nitrogens with one attached hydrogen (secondary N) is 1. The van der Waals surface area contributed by atoms with Crippen LogP contribution in [-0.4, -0.2) is 52.0 Å². The molecule has 1 aliphatic rings. The van der Waals surface area contributed by atoms with Gasteiger partial charge >= 0.3 is 0 Å². The molecule has 0 saturated carbocycles. The number of allylic oxidation sites excluding steroid dienone is 1. The molecule has 3 aromatic rings. The molecular weight excluding hydrogens is 468 g/mol. The first kappa shape index (κ1) is 24.7. The van der Waals surface area contributed by atoms with E-state index in [4.69, 9.17) is 4.74 Å². The van der Waals surface area contributed by atoms with E-state index in [1.807, 2.05) is 51.0 Å². The summed E-state index contributed by atoms with van der Waals surface area (Å²) < 4.78 is 36.3. The quantitative estimate of drug-likeness (QED) is 0.343. The van der Waals surface area contributed by atoms with Crippen molar-refractivity contribution < 1.29 is 13.5 Å². The van der Waals surface area contributed by atoms with E-state index in [1.54, 1.807) is 24.5 Å². The molecule has 6 nitrogen and oxygen atoms in total. The van der Waals surface area contributed by atoms with Crippen LogP contribution in [0.25, 0.3) is 10.1 Å². The van der Waals surface area contributed by atoms with Gasteiger partial charge in [-0.25, -0.2) is 13.8 Å². The molecule has 1 N–H and O–H groups in total. The molecule has 184 valence electrons. The van der Waals surface area contributed by atoms with Crippen molar-refractivity contribution in [3.63, 3.8) is 0 Å². The first-order valence-electron chi connectivity index (χ1n) is 11.3. The van der Waals surface area contributed by atoms with Crippen LogP contribution in [0.5, 0.6) is 5.75 Å². The van der Waals surface area contributed by atoms with Gasteiger partial charge in [-0.3, -0.25) is 4.99 Å². The smallest absolute Gasteiger partial charge is 0.222 e. The molecule has 0 spiro atoms. The maximum atomic E-state index is 15.0. The molecule has 0 fully saturated rings. The monoisotopic (exact) mass is 497 g/mol. The average Bonchev–Trinajstić information content (AvgIpc) is 3.25. The van der Waals surface area contributed by atoms with Crippen molar-refractivity contribution in [1.82, 2.24) is 0 Å². The molecule has 9 heteroatoms. The van der Waals surface area contributed by atoms with Crippen molar-refractivity contribution in [3.05, 3.63) is 60.2 Å². The lowest BCUT2D eigenvalue weighted by Crippen LogP contribution is -2.38. The largest absolute Gasteiger partial charge is 0.486 e. The fraction of sp³-hybridized carbons (Fsp3) is 0.308. The highest BCUT2D eigenvalue weighted by Gasteiger charge is 2.26. The number of rotatable bonds is 5. The predicted octanol–water partition coefficient (Wildman–Crippen LogP) is 6.08. The highest BCUT2D eigenvalue weighted by molar-refractivity contribution is 7.22. The number of halogens is 2. The van der Waals surface area contributed by atoms with Crippen molar-refractivity contribution in [2.75, 3.05) is 49.4 Å². The molecule has 2 heterocycles. The van der Waals surface area contributed by atoms with E-state index >= 15 is 0 Å². The van der Waals surface area contributed by atoms with Gasteiger partial charge in [-0.1, -0.05) is 6.58 Å². The summed E-state index contributed by atoms with van der Waals surface area (Å²) in [5.74, 6) is -1.01. The summed E-state index contributed by atoms with van der Waals surface area (Å²) in [7, 11) is 5.56. The second-order valence-corrected chi connectivity index (χ2v) is 9.77. The lowest BCUT2D eigenvalue weighted by molar-refractivity contribution is 0.287. The number of fused-ring (bicyclic) bond motifs is 2. The van der Waals surface area contributed by atoms with E-state index in [9.17, 15) is 8.78 Å². The molecule has 0 bridgehead atoms. The van der Waals surface area contributed by atoms with E-state index < -0.39 is 11.6 Å². The molecule has 35 heavy (non-hydrogen) atoms. The van der Waals surface area contributed by atoms with Crippen molar-refractivity contribution >= 4 is 49.5 Å². The van der Waals surface area contributed by atoms with Gasteiger partial charge in [0.2, 0.25) is 5.96 Å². The molecule has 0 atom stereocenters. The van der Waals surface area contributed by atoms with Gasteiger partial charge in [-0.2, -0.15) is 0 Å². The summed E-state index contributed by atoms with van der Waals surface area (Å²) in [6.07, 6.45) is 0. The second-order valence-electron chi connectivity index (χ2n) is 8.71. The Kier molecular flexibility index (Phi) is 7.07. The minimum Gasteiger partial charge on any atom is -0.486 e. The zero-order valence-electron chi connectivity index (χ0n) is 20.5. The average molecular weight is 498 g/mol. The molecule has 0 unspecified atom stereocenters.